The number of benzene rings is 2. The number of amides is 1. The molecule has 0 radical (unpaired) electrons. The first kappa shape index (κ1) is 20.1. The summed E-state index contributed by atoms with van der Waals surface area (Å²) in [4.78, 5) is 23.4. The van der Waals surface area contributed by atoms with Crippen LogP contribution >= 0.6 is 0 Å². The first-order chi connectivity index (χ1) is 14.6. The number of ether oxygens (including phenoxy) is 1. The van der Waals surface area contributed by atoms with E-state index in [1.165, 1.54) is 5.56 Å². The second-order valence-electron chi connectivity index (χ2n) is 7.86. The molecule has 2 heterocycles. The van der Waals surface area contributed by atoms with Gasteiger partial charge < -0.3 is 9.64 Å². The van der Waals surface area contributed by atoms with Gasteiger partial charge in [0, 0.05) is 18.3 Å². The molecule has 4 rings (SSSR count). The van der Waals surface area contributed by atoms with Gasteiger partial charge in [-0.05, 0) is 43.4 Å². The third-order valence-electron chi connectivity index (χ3n) is 5.38. The minimum Gasteiger partial charge on any atom is -0.472 e. The van der Waals surface area contributed by atoms with E-state index in [4.69, 9.17) is 4.74 Å². The van der Waals surface area contributed by atoms with Crippen LogP contribution in [0.15, 0.2) is 60.7 Å². The lowest BCUT2D eigenvalue weighted by atomic mass is 10.0. The summed E-state index contributed by atoms with van der Waals surface area (Å²) in [5, 5.41) is 0. The number of likely N-dealkylation sites (tertiary alicyclic amines) is 1. The van der Waals surface area contributed by atoms with Crippen molar-refractivity contribution in [3.8, 4) is 17.0 Å². The molecule has 1 amide bonds. The van der Waals surface area contributed by atoms with Crippen molar-refractivity contribution in [3.05, 3.63) is 77.7 Å². The molecule has 2 aromatic carbocycles. The monoisotopic (exact) mass is 401 g/mol. The van der Waals surface area contributed by atoms with E-state index in [2.05, 4.69) is 34.2 Å². The van der Waals surface area contributed by atoms with Crippen molar-refractivity contribution in [2.45, 2.75) is 39.2 Å². The Kier molecular flexibility index (Phi) is 6.07. The number of hydrogen-bond acceptors (Lipinski definition) is 4. The zero-order valence-corrected chi connectivity index (χ0v) is 17.5. The molecule has 3 aromatic rings. The maximum absolute atomic E-state index is 12.9. The van der Waals surface area contributed by atoms with Crippen molar-refractivity contribution in [2.24, 2.45) is 0 Å². The molecule has 0 saturated carbocycles. The summed E-state index contributed by atoms with van der Waals surface area (Å²) < 4.78 is 6.07. The largest absolute Gasteiger partial charge is 0.472 e. The Balaban J connectivity index is 1.36. The van der Waals surface area contributed by atoms with Crippen LogP contribution in [0.3, 0.4) is 0 Å². The molecule has 1 aliphatic rings. The number of nitrogens with zero attached hydrogens (tertiary/aromatic N) is 3. The van der Waals surface area contributed by atoms with Gasteiger partial charge in [0.2, 0.25) is 11.8 Å². The highest BCUT2D eigenvalue weighted by atomic mass is 16.5. The Bertz CT molecular complexity index is 982. The number of piperidine rings is 1. The molecule has 1 fully saturated rings. The van der Waals surface area contributed by atoms with Gasteiger partial charge >= 0.3 is 0 Å². The quantitative estimate of drug-likeness (QED) is 0.637. The lowest BCUT2D eigenvalue weighted by molar-refractivity contribution is -0.133. The van der Waals surface area contributed by atoms with Crippen molar-refractivity contribution < 1.29 is 9.53 Å². The van der Waals surface area contributed by atoms with E-state index < -0.39 is 0 Å². The SMILES string of the molecule is Cc1cc(OC2CCCN(C(=O)Cc3ccc(-c4ccccc4)cc3)C2)nc(C)n1. The molecule has 1 aliphatic heterocycles. The molecular formula is C25H27N3O2. The summed E-state index contributed by atoms with van der Waals surface area (Å²) in [6.45, 7) is 5.17. The summed E-state index contributed by atoms with van der Waals surface area (Å²) in [7, 11) is 0. The molecule has 0 aliphatic carbocycles. The van der Waals surface area contributed by atoms with Crippen molar-refractivity contribution in [3.63, 3.8) is 0 Å². The Labute approximate surface area is 177 Å². The molecule has 30 heavy (non-hydrogen) atoms. The summed E-state index contributed by atoms with van der Waals surface area (Å²) >= 11 is 0. The second kappa shape index (κ2) is 9.08. The van der Waals surface area contributed by atoms with Crippen molar-refractivity contribution >= 4 is 5.91 Å². The van der Waals surface area contributed by atoms with Crippen molar-refractivity contribution in [2.75, 3.05) is 13.1 Å². The van der Waals surface area contributed by atoms with Gasteiger partial charge in [-0.15, -0.1) is 0 Å². The lowest BCUT2D eigenvalue weighted by Gasteiger charge is -2.32. The minimum absolute atomic E-state index is 0.0307. The highest BCUT2D eigenvalue weighted by Crippen LogP contribution is 2.21. The van der Waals surface area contributed by atoms with E-state index >= 15 is 0 Å². The highest BCUT2D eigenvalue weighted by Gasteiger charge is 2.25. The van der Waals surface area contributed by atoms with Gasteiger partial charge in [0.1, 0.15) is 11.9 Å². The second-order valence-corrected chi connectivity index (χ2v) is 7.86. The van der Waals surface area contributed by atoms with Crippen molar-refractivity contribution in [1.29, 1.82) is 0 Å². The standard InChI is InChI=1S/C25H27N3O2/c1-18-15-24(27-19(2)26-18)30-23-9-6-14-28(17-23)25(29)16-20-10-12-22(13-11-20)21-7-4-3-5-8-21/h3-5,7-8,10-13,15,23H,6,9,14,16-17H2,1-2H3. The van der Waals surface area contributed by atoms with Gasteiger partial charge in [0.05, 0.1) is 13.0 Å². The molecule has 0 bridgehead atoms. The summed E-state index contributed by atoms with van der Waals surface area (Å²) in [5.74, 6) is 1.44. The van der Waals surface area contributed by atoms with Crippen LogP contribution in [0.1, 0.15) is 29.9 Å². The van der Waals surface area contributed by atoms with Crippen LogP contribution in [-0.4, -0.2) is 40.0 Å². The van der Waals surface area contributed by atoms with E-state index in [0.29, 0.717) is 24.7 Å². The topological polar surface area (TPSA) is 55.3 Å². The molecule has 0 N–H and O–H groups in total. The average Bonchev–Trinajstić information content (AvgIpc) is 2.74. The third kappa shape index (κ3) is 5.03. The van der Waals surface area contributed by atoms with E-state index in [-0.39, 0.29) is 12.0 Å². The summed E-state index contributed by atoms with van der Waals surface area (Å²) in [6, 6.07) is 20.4. The van der Waals surface area contributed by atoms with E-state index in [1.54, 1.807) is 0 Å². The highest BCUT2D eigenvalue weighted by molar-refractivity contribution is 5.79. The van der Waals surface area contributed by atoms with Crippen LogP contribution in [0, 0.1) is 13.8 Å². The predicted octanol–water partition coefficient (Wildman–Crippen LogP) is 4.37. The van der Waals surface area contributed by atoms with Gasteiger partial charge in [0.25, 0.3) is 0 Å². The molecule has 5 nitrogen and oxygen atoms in total. The molecule has 5 heteroatoms. The van der Waals surface area contributed by atoms with Crippen LogP contribution in [0.4, 0.5) is 0 Å². The fourth-order valence-electron chi connectivity index (χ4n) is 3.91. The van der Waals surface area contributed by atoms with E-state index in [9.17, 15) is 4.79 Å². The number of carbonyl (C=O) groups excluding carboxylic acids is 1. The molecule has 1 unspecified atom stereocenters. The number of aryl methyl sites for hydroxylation is 2. The van der Waals surface area contributed by atoms with Crippen LogP contribution < -0.4 is 4.74 Å². The Morgan fingerprint density at radius 1 is 1.03 bits per heavy atom. The Morgan fingerprint density at radius 3 is 2.50 bits per heavy atom. The fourth-order valence-corrected chi connectivity index (χ4v) is 3.91. The van der Waals surface area contributed by atoms with Gasteiger partial charge in [-0.25, -0.2) is 4.98 Å². The first-order valence-corrected chi connectivity index (χ1v) is 10.5. The van der Waals surface area contributed by atoms with Gasteiger partial charge in [-0.1, -0.05) is 54.6 Å². The molecule has 154 valence electrons. The number of hydrogen-bond donors (Lipinski definition) is 0. The summed E-state index contributed by atoms with van der Waals surface area (Å²) in [6.07, 6.45) is 2.24. The predicted molar refractivity (Wildman–Crippen MR) is 117 cm³/mol. The van der Waals surface area contributed by atoms with Gasteiger partial charge in [-0.2, -0.15) is 4.98 Å². The van der Waals surface area contributed by atoms with Crippen LogP contribution in [0.5, 0.6) is 5.88 Å². The third-order valence-corrected chi connectivity index (χ3v) is 5.38. The molecule has 1 aromatic heterocycles. The fraction of sp³-hybridized carbons (Fsp3) is 0.320. The van der Waals surface area contributed by atoms with Gasteiger partial charge in [-0.3, -0.25) is 4.79 Å². The molecule has 1 saturated heterocycles. The maximum Gasteiger partial charge on any atom is 0.227 e. The number of aromatic nitrogens is 2. The normalized spacial score (nSPS) is 16.3. The van der Waals surface area contributed by atoms with Crippen molar-refractivity contribution in [1.82, 2.24) is 14.9 Å². The zero-order chi connectivity index (χ0) is 20.9. The van der Waals surface area contributed by atoms with E-state index in [0.717, 1.165) is 36.2 Å². The average molecular weight is 402 g/mol. The van der Waals surface area contributed by atoms with Crippen LogP contribution in [-0.2, 0) is 11.2 Å². The molecule has 1 atom stereocenters. The Morgan fingerprint density at radius 2 is 1.77 bits per heavy atom. The van der Waals surface area contributed by atoms with Crippen LogP contribution in [0.2, 0.25) is 0 Å². The molecule has 0 spiro atoms. The van der Waals surface area contributed by atoms with Gasteiger partial charge in [0.15, 0.2) is 0 Å². The number of rotatable bonds is 5. The smallest absolute Gasteiger partial charge is 0.227 e. The zero-order valence-electron chi connectivity index (χ0n) is 17.5. The minimum atomic E-state index is -0.0307. The molecular weight excluding hydrogens is 374 g/mol. The summed E-state index contributed by atoms with van der Waals surface area (Å²) in [5.41, 5.74) is 4.26. The maximum atomic E-state index is 12.9. The van der Waals surface area contributed by atoms with Crippen LogP contribution in [0.25, 0.3) is 11.1 Å². The van der Waals surface area contributed by atoms with E-state index in [1.807, 2.05) is 55.1 Å². The number of carbonyl (C=O) groups is 1. The first-order valence-electron chi connectivity index (χ1n) is 10.5. The Hall–Kier alpha value is -3.21. The lowest BCUT2D eigenvalue weighted by Crippen LogP contribution is -2.45.